The predicted molar refractivity (Wildman–Crippen MR) is 146 cm³/mol. The van der Waals surface area contributed by atoms with E-state index in [1.165, 1.54) is 18.6 Å². The van der Waals surface area contributed by atoms with Gasteiger partial charge >= 0.3 is 11.9 Å². The third kappa shape index (κ3) is 3.91. The lowest BCUT2D eigenvalue weighted by Gasteiger charge is -2.63. The predicted octanol–water partition coefficient (Wildman–Crippen LogP) is 2.94. The summed E-state index contributed by atoms with van der Waals surface area (Å²) < 4.78 is 35.6. The second kappa shape index (κ2) is 9.59. The Bertz CT molecular complexity index is 1230. The van der Waals surface area contributed by atoms with Gasteiger partial charge in [0, 0.05) is 44.3 Å². The summed E-state index contributed by atoms with van der Waals surface area (Å²) in [6, 6.07) is 0. The molecule has 0 spiro atoms. The maximum absolute atomic E-state index is 12.8. The second-order valence-corrected chi connectivity index (χ2v) is 14.3. The van der Waals surface area contributed by atoms with E-state index in [2.05, 4.69) is 19.9 Å². The molecule has 3 heterocycles. The van der Waals surface area contributed by atoms with Gasteiger partial charge in [0.2, 0.25) is 12.1 Å². The number of methoxy groups -OCH3 is 1. The summed E-state index contributed by atoms with van der Waals surface area (Å²) in [6.07, 6.45) is 5.46. The summed E-state index contributed by atoms with van der Waals surface area (Å²) in [5.41, 5.74) is 0.151. The maximum atomic E-state index is 12.8. The summed E-state index contributed by atoms with van der Waals surface area (Å²) in [5, 5.41) is 24.4. The molecule has 5 fully saturated rings. The van der Waals surface area contributed by atoms with Crippen LogP contribution in [0.1, 0.15) is 72.6 Å². The van der Waals surface area contributed by atoms with Crippen LogP contribution in [-0.4, -0.2) is 84.1 Å². The monoisotopic (exact) mass is 588 g/mol. The fourth-order valence-electron chi connectivity index (χ4n) is 10.4. The molecule has 0 bridgehead atoms. The Morgan fingerprint density at radius 1 is 1.12 bits per heavy atom. The SMILES string of the molecule is COC1CC(C)OC2OC3C=C4CCC5C(CCC6(C)C(C7=CC(=O)OC7)C(OC(C)=O)CC56O)C4(C)CC3OC12O. The first-order valence-electron chi connectivity index (χ1n) is 15.5. The molecule has 3 saturated carbocycles. The Balaban J connectivity index is 1.21. The largest absolute Gasteiger partial charge is 0.462 e. The number of hydrogen-bond acceptors (Lipinski definition) is 10. The maximum Gasteiger partial charge on any atom is 0.331 e. The summed E-state index contributed by atoms with van der Waals surface area (Å²) in [5.74, 6) is -2.66. The molecule has 0 aromatic heterocycles. The first-order valence-corrected chi connectivity index (χ1v) is 15.5. The number of carbonyl (C=O) groups excluding carboxylic acids is 2. The minimum absolute atomic E-state index is 0.0393. The Morgan fingerprint density at radius 3 is 2.60 bits per heavy atom. The smallest absolute Gasteiger partial charge is 0.331 e. The van der Waals surface area contributed by atoms with Crippen LogP contribution in [0.25, 0.3) is 0 Å². The van der Waals surface area contributed by atoms with Crippen LogP contribution in [-0.2, 0) is 38.0 Å². The molecule has 13 unspecified atom stereocenters. The molecule has 13 atom stereocenters. The highest BCUT2D eigenvalue weighted by molar-refractivity contribution is 5.85. The van der Waals surface area contributed by atoms with Crippen LogP contribution in [0.15, 0.2) is 23.3 Å². The highest BCUT2D eigenvalue weighted by Crippen LogP contribution is 2.70. The van der Waals surface area contributed by atoms with E-state index in [0.29, 0.717) is 19.3 Å². The number of rotatable bonds is 3. The molecular formula is C32H44O10. The van der Waals surface area contributed by atoms with E-state index in [1.54, 1.807) is 7.11 Å². The van der Waals surface area contributed by atoms with Gasteiger partial charge in [-0.2, -0.15) is 0 Å². The summed E-state index contributed by atoms with van der Waals surface area (Å²) in [6.45, 7) is 7.88. The van der Waals surface area contributed by atoms with Gasteiger partial charge < -0.3 is 38.6 Å². The van der Waals surface area contributed by atoms with Gasteiger partial charge in [0.1, 0.15) is 24.9 Å². The van der Waals surface area contributed by atoms with Crippen molar-refractivity contribution in [3.63, 3.8) is 0 Å². The number of carbonyl (C=O) groups is 2. The zero-order chi connectivity index (χ0) is 29.8. The number of hydrogen-bond donors (Lipinski definition) is 2. The van der Waals surface area contributed by atoms with E-state index in [9.17, 15) is 19.8 Å². The highest BCUT2D eigenvalue weighted by atomic mass is 16.8. The van der Waals surface area contributed by atoms with Crippen molar-refractivity contribution in [3.8, 4) is 0 Å². The first kappa shape index (κ1) is 28.9. The molecule has 4 aliphatic carbocycles. The topological polar surface area (TPSA) is 130 Å². The normalized spacial score (nSPS) is 52.9. The number of cyclic esters (lactones) is 1. The van der Waals surface area contributed by atoms with Crippen LogP contribution in [0.3, 0.4) is 0 Å². The Morgan fingerprint density at radius 2 is 1.90 bits per heavy atom. The van der Waals surface area contributed by atoms with Crippen LogP contribution in [0.5, 0.6) is 0 Å². The molecule has 0 aromatic carbocycles. The Hall–Kier alpha value is -1.82. The summed E-state index contributed by atoms with van der Waals surface area (Å²) in [4.78, 5) is 24.3. The fourth-order valence-corrected chi connectivity index (χ4v) is 10.4. The molecule has 0 radical (unpaired) electrons. The van der Waals surface area contributed by atoms with Crippen molar-refractivity contribution < 1.29 is 48.2 Å². The van der Waals surface area contributed by atoms with Crippen LogP contribution in [0.2, 0.25) is 0 Å². The molecule has 42 heavy (non-hydrogen) atoms. The van der Waals surface area contributed by atoms with Gasteiger partial charge in [-0.1, -0.05) is 25.5 Å². The van der Waals surface area contributed by atoms with Crippen LogP contribution in [0, 0.1) is 28.6 Å². The standard InChI is InChI=1S/C32H44O10/c1-16-10-25(37-5)32(36)28(39-16)41-22-12-19-6-7-21-20(29(19,3)13-23(22)42-32)8-9-30(4)27(18-11-26(34)38-15-18)24(40-17(2)33)14-31(21,30)35/h11-12,16,20-25,27-28,35-36H,6-10,13-15H2,1-5H3. The minimum atomic E-state index is -1.70. The van der Waals surface area contributed by atoms with Crippen molar-refractivity contribution >= 4 is 11.9 Å². The van der Waals surface area contributed by atoms with E-state index in [-0.39, 0.29) is 48.0 Å². The molecule has 0 amide bonds. The lowest BCUT2D eigenvalue weighted by atomic mass is 9.45. The van der Waals surface area contributed by atoms with E-state index in [1.807, 2.05) is 6.92 Å². The highest BCUT2D eigenvalue weighted by Gasteiger charge is 2.71. The molecule has 0 aromatic rings. The minimum Gasteiger partial charge on any atom is -0.462 e. The molecule has 2 saturated heterocycles. The number of fused-ring (bicyclic) bond motifs is 7. The average molecular weight is 589 g/mol. The van der Waals surface area contributed by atoms with Crippen LogP contribution >= 0.6 is 0 Å². The zero-order valence-corrected chi connectivity index (χ0v) is 25.2. The van der Waals surface area contributed by atoms with E-state index < -0.39 is 47.4 Å². The van der Waals surface area contributed by atoms with Crippen molar-refractivity contribution in [2.24, 2.45) is 28.6 Å². The number of ether oxygens (including phenoxy) is 6. The van der Waals surface area contributed by atoms with Gasteiger partial charge in [0.05, 0.1) is 17.8 Å². The first-order chi connectivity index (χ1) is 19.8. The quantitative estimate of drug-likeness (QED) is 0.375. The second-order valence-electron chi connectivity index (χ2n) is 14.3. The van der Waals surface area contributed by atoms with Gasteiger partial charge in [-0.25, -0.2) is 4.79 Å². The number of aliphatic hydroxyl groups is 2. The van der Waals surface area contributed by atoms with Gasteiger partial charge in [-0.3, -0.25) is 4.79 Å². The third-order valence-corrected chi connectivity index (χ3v) is 12.3. The van der Waals surface area contributed by atoms with E-state index in [4.69, 9.17) is 28.4 Å². The van der Waals surface area contributed by atoms with E-state index in [0.717, 1.165) is 31.3 Å². The summed E-state index contributed by atoms with van der Waals surface area (Å²) >= 11 is 0. The molecule has 7 aliphatic rings. The van der Waals surface area contributed by atoms with Crippen molar-refractivity contribution in [2.45, 2.75) is 121 Å². The van der Waals surface area contributed by atoms with Crippen molar-refractivity contribution in [1.29, 1.82) is 0 Å². The molecule has 232 valence electrons. The molecule has 3 aliphatic heterocycles. The van der Waals surface area contributed by atoms with Gasteiger partial charge in [0.25, 0.3) is 0 Å². The van der Waals surface area contributed by atoms with Crippen molar-refractivity contribution in [3.05, 3.63) is 23.3 Å². The number of esters is 2. The molecule has 10 heteroatoms. The van der Waals surface area contributed by atoms with E-state index >= 15 is 0 Å². The van der Waals surface area contributed by atoms with Crippen molar-refractivity contribution in [1.82, 2.24) is 0 Å². The van der Waals surface area contributed by atoms with Gasteiger partial charge in [-0.05, 0) is 61.9 Å². The Kier molecular flexibility index (Phi) is 6.60. The molecule has 7 rings (SSSR count). The molecule has 10 nitrogen and oxygen atoms in total. The Labute approximate surface area is 246 Å². The zero-order valence-electron chi connectivity index (χ0n) is 25.2. The lowest BCUT2D eigenvalue weighted by molar-refractivity contribution is -0.450. The van der Waals surface area contributed by atoms with Crippen LogP contribution in [0.4, 0.5) is 0 Å². The van der Waals surface area contributed by atoms with Gasteiger partial charge in [0.15, 0.2) is 0 Å². The van der Waals surface area contributed by atoms with Crippen molar-refractivity contribution in [2.75, 3.05) is 13.7 Å². The lowest BCUT2D eigenvalue weighted by Crippen LogP contribution is -2.69. The molecular weight excluding hydrogens is 544 g/mol. The molecule has 2 N–H and O–H groups in total. The summed E-state index contributed by atoms with van der Waals surface area (Å²) in [7, 11) is 1.57. The fraction of sp³-hybridized carbons (Fsp3) is 0.812. The number of allylic oxidation sites excluding steroid dienone is 1. The van der Waals surface area contributed by atoms with Crippen LogP contribution < -0.4 is 0 Å². The average Bonchev–Trinajstić information content (AvgIpc) is 3.42. The van der Waals surface area contributed by atoms with Gasteiger partial charge in [-0.15, -0.1) is 0 Å². The third-order valence-electron chi connectivity index (χ3n) is 12.3.